The Hall–Kier alpha value is -0.190. The highest BCUT2D eigenvalue weighted by Crippen LogP contribution is 2.08. The lowest BCUT2D eigenvalue weighted by Crippen LogP contribution is -1.86. The molecule has 1 aromatic rings. The van der Waals surface area contributed by atoms with Gasteiger partial charge in [-0.25, -0.2) is 4.39 Å². The van der Waals surface area contributed by atoms with Gasteiger partial charge in [0.15, 0.2) is 0 Å². The van der Waals surface area contributed by atoms with Gasteiger partial charge in [0.25, 0.3) is 0 Å². The van der Waals surface area contributed by atoms with Crippen LogP contribution < -0.4 is 0 Å². The molecule has 1 rings (SSSR count). The number of aromatic nitrogens is 1. The average Bonchev–Trinajstić information content (AvgIpc) is 1.80. The molecule has 0 N–H and O–H groups in total. The van der Waals surface area contributed by atoms with Gasteiger partial charge in [-0.15, -0.1) is 0 Å². The number of aryl methyl sites for hydroxylation is 1. The molecule has 0 bridgehead atoms. The zero-order valence-electron chi connectivity index (χ0n) is 4.86. The largest absolute Gasteiger partial charge is 0.257 e. The van der Waals surface area contributed by atoms with Crippen LogP contribution in [0.3, 0.4) is 0 Å². The Balaban J connectivity index is 3.17. The fraction of sp³-hybridized carbons (Fsp3) is 0.167. The van der Waals surface area contributed by atoms with E-state index < -0.39 is 0 Å². The van der Waals surface area contributed by atoms with Crippen molar-refractivity contribution in [2.75, 3.05) is 0 Å². The van der Waals surface area contributed by atoms with Crippen LogP contribution in [0.4, 0.5) is 4.39 Å². The van der Waals surface area contributed by atoms with E-state index in [4.69, 9.17) is 0 Å². The van der Waals surface area contributed by atoms with Crippen LogP contribution in [0.1, 0.15) is 5.69 Å². The zero-order valence-corrected chi connectivity index (χ0v) is 7.02. The monoisotopic (exact) mass is 237 g/mol. The number of rotatable bonds is 0. The molecule has 1 aromatic heterocycles. The molecule has 0 spiro atoms. The molecule has 0 aliphatic carbocycles. The molecule has 1 nitrogen and oxygen atoms in total. The molecule has 0 aliphatic heterocycles. The van der Waals surface area contributed by atoms with Crippen molar-refractivity contribution in [1.29, 1.82) is 0 Å². The zero-order chi connectivity index (χ0) is 6.85. The van der Waals surface area contributed by atoms with Crippen molar-refractivity contribution >= 4 is 22.6 Å². The van der Waals surface area contributed by atoms with Crippen molar-refractivity contribution in [1.82, 2.24) is 4.98 Å². The first-order valence-corrected chi connectivity index (χ1v) is 3.55. The Bertz CT molecular complexity index is 224. The molecule has 9 heavy (non-hydrogen) atoms. The maximum absolute atomic E-state index is 12.3. The van der Waals surface area contributed by atoms with Crippen LogP contribution in [-0.2, 0) is 0 Å². The van der Waals surface area contributed by atoms with Crippen LogP contribution in [0.2, 0.25) is 0 Å². The molecule has 1 heterocycles. The van der Waals surface area contributed by atoms with Gasteiger partial charge in [0, 0.05) is 3.57 Å². The molecular formula is C6H5FIN. The summed E-state index contributed by atoms with van der Waals surface area (Å²) in [5, 5.41) is 0. The molecule has 0 fully saturated rings. The van der Waals surface area contributed by atoms with E-state index in [1.54, 1.807) is 0 Å². The van der Waals surface area contributed by atoms with E-state index in [-0.39, 0.29) is 5.82 Å². The lowest BCUT2D eigenvalue weighted by atomic mass is 10.4. The summed E-state index contributed by atoms with van der Waals surface area (Å²) >= 11 is 2.05. The minimum atomic E-state index is -0.273. The first kappa shape index (κ1) is 6.92. The molecule has 0 aromatic carbocycles. The smallest absolute Gasteiger partial charge is 0.142 e. The number of hydrogen-bond acceptors (Lipinski definition) is 1. The van der Waals surface area contributed by atoms with Crippen molar-refractivity contribution in [3.8, 4) is 0 Å². The summed E-state index contributed by atoms with van der Waals surface area (Å²) in [6.45, 7) is 1.85. The third-order valence-electron chi connectivity index (χ3n) is 0.992. The number of pyridine rings is 1. The van der Waals surface area contributed by atoms with E-state index in [0.29, 0.717) is 0 Å². The Kier molecular flexibility index (Phi) is 2.00. The van der Waals surface area contributed by atoms with Gasteiger partial charge in [-0.05, 0) is 35.6 Å². The molecule has 0 saturated carbocycles. The van der Waals surface area contributed by atoms with E-state index >= 15 is 0 Å². The average molecular weight is 237 g/mol. The Morgan fingerprint density at radius 1 is 1.67 bits per heavy atom. The van der Waals surface area contributed by atoms with Gasteiger partial charge in [0.1, 0.15) is 5.82 Å². The highest BCUT2D eigenvalue weighted by Gasteiger charge is 1.95. The van der Waals surface area contributed by atoms with Crippen molar-refractivity contribution in [3.05, 3.63) is 27.3 Å². The molecule has 3 heteroatoms. The van der Waals surface area contributed by atoms with Crippen LogP contribution >= 0.6 is 22.6 Å². The summed E-state index contributed by atoms with van der Waals surface area (Å²) in [7, 11) is 0. The van der Waals surface area contributed by atoms with Gasteiger partial charge in [-0.1, -0.05) is 0 Å². The highest BCUT2D eigenvalue weighted by atomic mass is 127. The van der Waals surface area contributed by atoms with Crippen molar-refractivity contribution in [2.45, 2.75) is 6.92 Å². The summed E-state index contributed by atoms with van der Waals surface area (Å²) in [5.74, 6) is -0.273. The van der Waals surface area contributed by atoms with Crippen LogP contribution in [-0.4, -0.2) is 4.98 Å². The van der Waals surface area contributed by atoms with Crippen molar-refractivity contribution in [2.24, 2.45) is 0 Å². The summed E-state index contributed by atoms with van der Waals surface area (Å²) in [6.07, 6.45) is 1.22. The van der Waals surface area contributed by atoms with E-state index in [1.165, 1.54) is 12.3 Å². The number of halogens is 2. The van der Waals surface area contributed by atoms with Gasteiger partial charge < -0.3 is 0 Å². The van der Waals surface area contributed by atoms with E-state index in [1.807, 2.05) is 29.5 Å². The molecule has 0 atom stereocenters. The first-order valence-electron chi connectivity index (χ1n) is 2.48. The first-order chi connectivity index (χ1) is 4.20. The lowest BCUT2D eigenvalue weighted by Gasteiger charge is -1.93. The molecule has 0 saturated heterocycles. The second-order valence-electron chi connectivity index (χ2n) is 1.72. The fourth-order valence-corrected chi connectivity index (χ4v) is 0.920. The molecule has 0 aliphatic rings. The SMILES string of the molecule is Cc1ncc(F)cc1I. The summed E-state index contributed by atoms with van der Waals surface area (Å²) in [6, 6.07) is 1.46. The maximum atomic E-state index is 12.3. The van der Waals surface area contributed by atoms with Crippen LogP contribution in [0.15, 0.2) is 12.3 Å². The molecule has 0 amide bonds. The van der Waals surface area contributed by atoms with Gasteiger partial charge >= 0.3 is 0 Å². The molecular weight excluding hydrogens is 232 g/mol. The normalized spacial score (nSPS) is 9.67. The van der Waals surface area contributed by atoms with Crippen LogP contribution in [0, 0.1) is 16.3 Å². The minimum absolute atomic E-state index is 0.273. The van der Waals surface area contributed by atoms with E-state index in [2.05, 4.69) is 4.98 Å². The number of hydrogen-bond donors (Lipinski definition) is 0. The molecule has 48 valence electrons. The Morgan fingerprint density at radius 2 is 2.33 bits per heavy atom. The Morgan fingerprint density at radius 3 is 2.78 bits per heavy atom. The fourth-order valence-electron chi connectivity index (χ4n) is 0.483. The van der Waals surface area contributed by atoms with Gasteiger partial charge in [0.05, 0.1) is 11.9 Å². The summed E-state index contributed by atoms with van der Waals surface area (Å²) in [5.41, 5.74) is 0.872. The third kappa shape index (κ3) is 1.61. The van der Waals surface area contributed by atoms with Gasteiger partial charge in [-0.2, -0.15) is 0 Å². The summed E-state index contributed by atoms with van der Waals surface area (Å²) in [4.78, 5) is 3.80. The number of nitrogens with zero attached hydrogens (tertiary/aromatic N) is 1. The predicted octanol–water partition coefficient (Wildman–Crippen LogP) is 2.13. The quantitative estimate of drug-likeness (QED) is 0.630. The second-order valence-corrected chi connectivity index (χ2v) is 2.88. The standard InChI is InChI=1S/C6H5FIN/c1-4-6(8)2-5(7)3-9-4/h2-3H,1H3. The van der Waals surface area contributed by atoms with Gasteiger partial charge in [-0.3, -0.25) is 4.98 Å². The van der Waals surface area contributed by atoms with E-state index in [0.717, 1.165) is 9.26 Å². The molecule has 0 unspecified atom stereocenters. The lowest BCUT2D eigenvalue weighted by molar-refractivity contribution is 0.619. The van der Waals surface area contributed by atoms with E-state index in [9.17, 15) is 4.39 Å². The highest BCUT2D eigenvalue weighted by molar-refractivity contribution is 14.1. The van der Waals surface area contributed by atoms with Crippen LogP contribution in [0.25, 0.3) is 0 Å². The second kappa shape index (κ2) is 2.60. The molecule has 0 radical (unpaired) electrons. The topological polar surface area (TPSA) is 12.9 Å². The summed E-state index contributed by atoms with van der Waals surface area (Å²) < 4.78 is 13.1. The third-order valence-corrected chi connectivity index (χ3v) is 2.08. The van der Waals surface area contributed by atoms with Crippen molar-refractivity contribution in [3.63, 3.8) is 0 Å². The van der Waals surface area contributed by atoms with Crippen LogP contribution in [0.5, 0.6) is 0 Å². The minimum Gasteiger partial charge on any atom is -0.257 e. The maximum Gasteiger partial charge on any atom is 0.142 e. The van der Waals surface area contributed by atoms with Gasteiger partial charge in [0.2, 0.25) is 0 Å². The Labute approximate surface area is 66.4 Å². The predicted molar refractivity (Wildman–Crippen MR) is 41.6 cm³/mol. The van der Waals surface area contributed by atoms with Crippen molar-refractivity contribution < 1.29 is 4.39 Å².